The molecule has 1 aliphatic heterocycles. The van der Waals surface area contributed by atoms with Crippen LogP contribution < -0.4 is 9.64 Å². The molecule has 1 saturated heterocycles. The van der Waals surface area contributed by atoms with E-state index in [1.165, 1.54) is 0 Å². The molecule has 1 aromatic heterocycles. The van der Waals surface area contributed by atoms with Gasteiger partial charge in [-0.15, -0.1) is 11.6 Å². The van der Waals surface area contributed by atoms with Gasteiger partial charge in [-0.1, -0.05) is 0 Å². The molecular weight excluding hydrogens is 262 g/mol. The minimum absolute atomic E-state index is 0.250. The van der Waals surface area contributed by atoms with Gasteiger partial charge in [-0.25, -0.2) is 4.98 Å². The van der Waals surface area contributed by atoms with Crippen LogP contribution in [-0.2, 0) is 0 Å². The van der Waals surface area contributed by atoms with E-state index in [0.717, 1.165) is 37.6 Å². The number of anilines is 1. The highest BCUT2D eigenvalue weighted by atomic mass is 35.5. The zero-order valence-corrected chi connectivity index (χ0v) is 12.7. The van der Waals surface area contributed by atoms with E-state index in [9.17, 15) is 0 Å². The summed E-state index contributed by atoms with van der Waals surface area (Å²) in [6.07, 6.45) is 2.21. The van der Waals surface area contributed by atoms with Gasteiger partial charge in [-0.2, -0.15) is 4.98 Å². The van der Waals surface area contributed by atoms with Gasteiger partial charge in [0.25, 0.3) is 0 Å². The van der Waals surface area contributed by atoms with E-state index in [1.54, 1.807) is 0 Å². The lowest BCUT2D eigenvalue weighted by Crippen LogP contribution is -2.37. The lowest BCUT2D eigenvalue weighted by Gasteiger charge is -2.33. The molecule has 0 N–H and O–H groups in total. The van der Waals surface area contributed by atoms with Gasteiger partial charge in [0.15, 0.2) is 0 Å². The molecule has 2 heterocycles. The Bertz CT molecular complexity index is 417. The van der Waals surface area contributed by atoms with E-state index < -0.39 is 0 Å². The fourth-order valence-electron chi connectivity index (χ4n) is 2.45. The van der Waals surface area contributed by atoms with Crippen molar-refractivity contribution in [2.24, 2.45) is 5.92 Å². The number of aryl methyl sites for hydroxylation is 1. The molecule has 5 heteroatoms. The SMILES string of the molecule is CCOc1cc(C)nc(N2CCC(C(C)Cl)CC2)n1. The Labute approximate surface area is 120 Å². The van der Waals surface area contributed by atoms with E-state index in [4.69, 9.17) is 16.3 Å². The summed E-state index contributed by atoms with van der Waals surface area (Å²) in [6.45, 7) is 8.58. The molecule has 0 amide bonds. The maximum Gasteiger partial charge on any atom is 0.228 e. The molecule has 1 atom stereocenters. The van der Waals surface area contributed by atoms with Gasteiger partial charge < -0.3 is 9.64 Å². The van der Waals surface area contributed by atoms with E-state index in [2.05, 4.69) is 21.8 Å². The highest BCUT2D eigenvalue weighted by Crippen LogP contribution is 2.26. The Balaban J connectivity index is 2.06. The largest absolute Gasteiger partial charge is 0.478 e. The molecule has 1 aliphatic rings. The third-order valence-electron chi connectivity index (χ3n) is 3.58. The Kier molecular flexibility index (Phi) is 4.86. The molecular formula is C14H22ClN3O. The van der Waals surface area contributed by atoms with Gasteiger partial charge >= 0.3 is 0 Å². The van der Waals surface area contributed by atoms with Crippen LogP contribution in [0.25, 0.3) is 0 Å². The van der Waals surface area contributed by atoms with Crippen LogP contribution in [0, 0.1) is 12.8 Å². The van der Waals surface area contributed by atoms with Crippen molar-refractivity contribution in [3.05, 3.63) is 11.8 Å². The molecule has 1 aromatic rings. The van der Waals surface area contributed by atoms with Crippen LogP contribution in [0.1, 0.15) is 32.4 Å². The number of nitrogens with zero attached hydrogens (tertiary/aromatic N) is 3. The smallest absolute Gasteiger partial charge is 0.228 e. The molecule has 0 saturated carbocycles. The zero-order valence-electron chi connectivity index (χ0n) is 11.9. The minimum atomic E-state index is 0.250. The number of alkyl halides is 1. The van der Waals surface area contributed by atoms with Crippen LogP contribution in [-0.4, -0.2) is 35.0 Å². The van der Waals surface area contributed by atoms with Crippen molar-refractivity contribution in [3.63, 3.8) is 0 Å². The fraction of sp³-hybridized carbons (Fsp3) is 0.714. The molecule has 4 nitrogen and oxygen atoms in total. The molecule has 1 unspecified atom stereocenters. The lowest BCUT2D eigenvalue weighted by atomic mass is 9.94. The summed E-state index contributed by atoms with van der Waals surface area (Å²) < 4.78 is 5.48. The third-order valence-corrected chi connectivity index (χ3v) is 3.94. The molecule has 0 bridgehead atoms. The maximum absolute atomic E-state index is 6.17. The van der Waals surface area contributed by atoms with Gasteiger partial charge in [0.2, 0.25) is 11.8 Å². The summed E-state index contributed by atoms with van der Waals surface area (Å²) in [7, 11) is 0. The number of hydrogen-bond acceptors (Lipinski definition) is 4. The summed E-state index contributed by atoms with van der Waals surface area (Å²) in [4.78, 5) is 11.2. The first-order valence-electron chi connectivity index (χ1n) is 6.97. The fourth-order valence-corrected chi connectivity index (χ4v) is 2.70. The Hall–Kier alpha value is -1.03. The number of aromatic nitrogens is 2. The lowest BCUT2D eigenvalue weighted by molar-refractivity contribution is 0.325. The normalized spacial score (nSPS) is 18.4. The average molecular weight is 284 g/mol. The third kappa shape index (κ3) is 3.72. The summed E-state index contributed by atoms with van der Waals surface area (Å²) in [5, 5.41) is 0.250. The van der Waals surface area contributed by atoms with Crippen molar-refractivity contribution < 1.29 is 4.74 Å². The summed E-state index contributed by atoms with van der Waals surface area (Å²) in [5.74, 6) is 2.05. The van der Waals surface area contributed by atoms with Crippen molar-refractivity contribution >= 4 is 17.5 Å². The number of ether oxygens (including phenoxy) is 1. The quantitative estimate of drug-likeness (QED) is 0.796. The molecule has 0 radical (unpaired) electrons. The standard InChI is InChI=1S/C14H22ClN3O/c1-4-19-13-9-10(2)16-14(17-13)18-7-5-12(6-8-18)11(3)15/h9,11-12H,4-8H2,1-3H3. The minimum Gasteiger partial charge on any atom is -0.478 e. The van der Waals surface area contributed by atoms with E-state index in [1.807, 2.05) is 19.9 Å². The van der Waals surface area contributed by atoms with Gasteiger partial charge in [-0.05, 0) is 39.5 Å². The second-order valence-corrected chi connectivity index (χ2v) is 5.77. The van der Waals surface area contributed by atoms with Crippen LogP contribution in [0.2, 0.25) is 0 Å². The number of hydrogen-bond donors (Lipinski definition) is 0. The maximum atomic E-state index is 6.17. The van der Waals surface area contributed by atoms with Crippen molar-refractivity contribution in [1.29, 1.82) is 0 Å². The molecule has 0 spiro atoms. The van der Waals surface area contributed by atoms with Gasteiger partial charge in [-0.3, -0.25) is 0 Å². The van der Waals surface area contributed by atoms with Crippen molar-refractivity contribution in [2.75, 3.05) is 24.6 Å². The first-order chi connectivity index (χ1) is 9.10. The van der Waals surface area contributed by atoms with Crippen LogP contribution in [0.15, 0.2) is 6.07 Å². The first kappa shape index (κ1) is 14.4. The summed E-state index contributed by atoms with van der Waals surface area (Å²) in [5.41, 5.74) is 0.946. The van der Waals surface area contributed by atoms with Gasteiger partial charge in [0.1, 0.15) is 0 Å². The summed E-state index contributed by atoms with van der Waals surface area (Å²) >= 11 is 6.17. The van der Waals surface area contributed by atoms with Crippen molar-refractivity contribution in [2.45, 2.75) is 39.0 Å². The topological polar surface area (TPSA) is 38.2 Å². The van der Waals surface area contributed by atoms with E-state index in [-0.39, 0.29) is 5.38 Å². The van der Waals surface area contributed by atoms with Crippen LogP contribution in [0.3, 0.4) is 0 Å². The predicted octanol–water partition coefficient (Wildman–Crippen LogP) is 3.03. The molecule has 2 rings (SSSR count). The molecule has 19 heavy (non-hydrogen) atoms. The van der Waals surface area contributed by atoms with E-state index in [0.29, 0.717) is 18.4 Å². The Morgan fingerprint density at radius 1 is 1.42 bits per heavy atom. The predicted molar refractivity (Wildman–Crippen MR) is 78.2 cm³/mol. The molecule has 0 aromatic carbocycles. The second kappa shape index (κ2) is 6.42. The van der Waals surface area contributed by atoms with Crippen LogP contribution >= 0.6 is 11.6 Å². The zero-order chi connectivity index (χ0) is 13.8. The van der Waals surface area contributed by atoms with Crippen molar-refractivity contribution in [3.8, 4) is 5.88 Å². The van der Waals surface area contributed by atoms with Crippen LogP contribution in [0.4, 0.5) is 5.95 Å². The Morgan fingerprint density at radius 3 is 2.68 bits per heavy atom. The monoisotopic (exact) mass is 283 g/mol. The number of rotatable bonds is 4. The summed E-state index contributed by atoms with van der Waals surface area (Å²) in [6, 6.07) is 1.88. The van der Waals surface area contributed by atoms with E-state index >= 15 is 0 Å². The molecule has 106 valence electrons. The number of piperidine rings is 1. The van der Waals surface area contributed by atoms with Crippen LogP contribution in [0.5, 0.6) is 5.88 Å². The van der Waals surface area contributed by atoms with Crippen molar-refractivity contribution in [1.82, 2.24) is 9.97 Å². The highest BCUT2D eigenvalue weighted by Gasteiger charge is 2.24. The average Bonchev–Trinajstić information content (AvgIpc) is 2.38. The molecule has 1 fully saturated rings. The van der Waals surface area contributed by atoms with Gasteiger partial charge in [0.05, 0.1) is 6.61 Å². The number of halogens is 1. The first-order valence-corrected chi connectivity index (χ1v) is 7.41. The molecule has 0 aliphatic carbocycles. The highest BCUT2D eigenvalue weighted by molar-refractivity contribution is 6.20. The van der Waals surface area contributed by atoms with Gasteiger partial charge in [0, 0.05) is 30.2 Å². The second-order valence-electron chi connectivity index (χ2n) is 5.08. The Morgan fingerprint density at radius 2 is 2.11 bits per heavy atom.